The summed E-state index contributed by atoms with van der Waals surface area (Å²) in [5, 5.41) is 11.4. The van der Waals surface area contributed by atoms with Gasteiger partial charge in [0.1, 0.15) is 11.9 Å². The first kappa shape index (κ1) is 13.6. The molecule has 2 N–H and O–H groups in total. The van der Waals surface area contributed by atoms with Crippen LogP contribution in [-0.2, 0) is 4.79 Å². The second-order valence-corrected chi connectivity index (χ2v) is 4.66. The van der Waals surface area contributed by atoms with E-state index in [0.717, 1.165) is 6.07 Å². The van der Waals surface area contributed by atoms with Crippen LogP contribution in [-0.4, -0.2) is 34.6 Å². The van der Waals surface area contributed by atoms with Crippen LogP contribution in [0.3, 0.4) is 0 Å². The molecule has 1 heterocycles. The number of anilines is 1. The third-order valence-electron chi connectivity index (χ3n) is 2.97. The monoisotopic (exact) mass is 286 g/mol. The van der Waals surface area contributed by atoms with Crippen LogP contribution < -0.4 is 5.32 Å². The third kappa shape index (κ3) is 2.96. The number of likely N-dealkylation sites (tertiary alicyclic amines) is 1. The van der Waals surface area contributed by atoms with Gasteiger partial charge in [0, 0.05) is 12.2 Å². The molecule has 1 aromatic rings. The number of halogens is 2. The maximum Gasteiger partial charge on any atom is 0.326 e. The van der Waals surface area contributed by atoms with E-state index in [-0.39, 0.29) is 5.02 Å². The number of nitrogens with one attached hydrogen (secondary N) is 1. The Morgan fingerprint density at radius 1 is 1.47 bits per heavy atom. The van der Waals surface area contributed by atoms with E-state index < -0.39 is 23.9 Å². The van der Waals surface area contributed by atoms with Crippen molar-refractivity contribution in [1.82, 2.24) is 4.90 Å². The van der Waals surface area contributed by atoms with E-state index in [1.807, 2.05) is 0 Å². The van der Waals surface area contributed by atoms with Crippen LogP contribution in [0.2, 0.25) is 5.02 Å². The van der Waals surface area contributed by atoms with Gasteiger partial charge in [-0.05, 0) is 31.0 Å². The summed E-state index contributed by atoms with van der Waals surface area (Å²) in [6, 6.07) is 2.45. The van der Waals surface area contributed by atoms with Gasteiger partial charge in [0.2, 0.25) is 0 Å². The van der Waals surface area contributed by atoms with Crippen LogP contribution in [0.4, 0.5) is 14.9 Å². The van der Waals surface area contributed by atoms with E-state index in [0.29, 0.717) is 25.1 Å². The van der Waals surface area contributed by atoms with Crippen molar-refractivity contribution in [2.24, 2.45) is 0 Å². The van der Waals surface area contributed by atoms with Crippen molar-refractivity contribution in [3.05, 3.63) is 29.0 Å². The zero-order valence-electron chi connectivity index (χ0n) is 9.90. The molecule has 1 unspecified atom stereocenters. The van der Waals surface area contributed by atoms with Gasteiger partial charge >= 0.3 is 12.0 Å². The molecule has 1 aliphatic heterocycles. The first-order chi connectivity index (χ1) is 8.99. The normalized spacial score (nSPS) is 18.4. The van der Waals surface area contributed by atoms with Crippen molar-refractivity contribution < 1.29 is 19.1 Å². The van der Waals surface area contributed by atoms with Gasteiger partial charge < -0.3 is 15.3 Å². The van der Waals surface area contributed by atoms with Crippen LogP contribution in [0.5, 0.6) is 0 Å². The summed E-state index contributed by atoms with van der Waals surface area (Å²) in [5.41, 5.74) is 0.326. The largest absolute Gasteiger partial charge is 0.480 e. The molecular formula is C12H12ClFN2O3. The SMILES string of the molecule is O=C(O)C1CCCN1C(=O)Nc1ccc(F)c(Cl)c1. The molecule has 0 bridgehead atoms. The van der Waals surface area contributed by atoms with Crippen molar-refractivity contribution in [3.63, 3.8) is 0 Å². The zero-order valence-corrected chi connectivity index (χ0v) is 10.7. The molecule has 1 aliphatic rings. The fourth-order valence-electron chi connectivity index (χ4n) is 2.04. The Morgan fingerprint density at radius 2 is 2.21 bits per heavy atom. The molecule has 5 nitrogen and oxygen atoms in total. The highest BCUT2D eigenvalue weighted by atomic mass is 35.5. The summed E-state index contributed by atoms with van der Waals surface area (Å²) in [5.74, 6) is -1.60. The Labute approximate surface area is 114 Å². The molecule has 2 amide bonds. The van der Waals surface area contributed by atoms with Crippen molar-refractivity contribution in [2.45, 2.75) is 18.9 Å². The second-order valence-electron chi connectivity index (χ2n) is 4.25. The molecular weight excluding hydrogens is 275 g/mol. The number of carbonyl (C=O) groups is 2. The summed E-state index contributed by atoms with van der Waals surface area (Å²) < 4.78 is 13.0. The molecule has 1 aromatic carbocycles. The molecule has 1 fully saturated rings. The van der Waals surface area contributed by atoms with Gasteiger partial charge in [0.05, 0.1) is 5.02 Å². The van der Waals surface area contributed by atoms with Crippen LogP contribution in [0.25, 0.3) is 0 Å². The lowest BCUT2D eigenvalue weighted by Gasteiger charge is -2.21. The first-order valence-corrected chi connectivity index (χ1v) is 6.12. The second kappa shape index (κ2) is 5.44. The molecule has 0 aromatic heterocycles. The first-order valence-electron chi connectivity index (χ1n) is 5.74. The number of rotatable bonds is 2. The number of hydrogen-bond acceptors (Lipinski definition) is 2. The fraction of sp³-hybridized carbons (Fsp3) is 0.333. The molecule has 102 valence electrons. The van der Waals surface area contributed by atoms with Gasteiger partial charge in [-0.2, -0.15) is 0 Å². The average Bonchev–Trinajstić information content (AvgIpc) is 2.83. The van der Waals surface area contributed by atoms with Crippen LogP contribution in [0, 0.1) is 5.82 Å². The Bertz CT molecular complexity index is 524. The summed E-state index contributed by atoms with van der Waals surface area (Å²) >= 11 is 5.60. The molecule has 2 rings (SSSR count). The summed E-state index contributed by atoms with van der Waals surface area (Å²) in [7, 11) is 0. The highest BCUT2D eigenvalue weighted by molar-refractivity contribution is 6.31. The van der Waals surface area contributed by atoms with E-state index in [9.17, 15) is 14.0 Å². The van der Waals surface area contributed by atoms with Gasteiger partial charge in [0.25, 0.3) is 0 Å². The van der Waals surface area contributed by atoms with Crippen molar-refractivity contribution in [1.29, 1.82) is 0 Å². The smallest absolute Gasteiger partial charge is 0.326 e. The average molecular weight is 287 g/mol. The molecule has 0 spiro atoms. The number of aliphatic carboxylic acids is 1. The number of nitrogens with zero attached hydrogens (tertiary/aromatic N) is 1. The number of benzene rings is 1. The highest BCUT2D eigenvalue weighted by Gasteiger charge is 2.33. The number of urea groups is 1. The Kier molecular flexibility index (Phi) is 3.90. The molecule has 19 heavy (non-hydrogen) atoms. The van der Waals surface area contributed by atoms with E-state index in [1.54, 1.807) is 0 Å². The quantitative estimate of drug-likeness (QED) is 0.878. The van der Waals surface area contributed by atoms with Gasteiger partial charge in [0.15, 0.2) is 0 Å². The van der Waals surface area contributed by atoms with E-state index >= 15 is 0 Å². The van der Waals surface area contributed by atoms with Gasteiger partial charge in [-0.3, -0.25) is 0 Å². The standard InChI is InChI=1S/C12H12ClFN2O3/c13-8-6-7(3-4-9(8)14)15-12(19)16-5-1-2-10(16)11(17)18/h3-4,6,10H,1-2,5H2,(H,15,19)(H,17,18). The van der Waals surface area contributed by atoms with Crippen molar-refractivity contribution in [2.75, 3.05) is 11.9 Å². The Balaban J connectivity index is 2.08. The van der Waals surface area contributed by atoms with Crippen LogP contribution >= 0.6 is 11.6 Å². The maximum atomic E-state index is 13.0. The van der Waals surface area contributed by atoms with Gasteiger partial charge in [-0.25, -0.2) is 14.0 Å². The number of carboxylic acid groups (broad SMARTS) is 1. The minimum atomic E-state index is -1.02. The molecule has 0 aliphatic carbocycles. The minimum absolute atomic E-state index is 0.103. The number of carbonyl (C=O) groups excluding carboxylic acids is 1. The molecule has 0 saturated carbocycles. The lowest BCUT2D eigenvalue weighted by Crippen LogP contribution is -2.42. The Morgan fingerprint density at radius 3 is 2.84 bits per heavy atom. The van der Waals surface area contributed by atoms with Crippen LogP contribution in [0.15, 0.2) is 18.2 Å². The van der Waals surface area contributed by atoms with Crippen LogP contribution in [0.1, 0.15) is 12.8 Å². The van der Waals surface area contributed by atoms with E-state index in [1.165, 1.54) is 17.0 Å². The number of hydrogen-bond donors (Lipinski definition) is 2. The third-order valence-corrected chi connectivity index (χ3v) is 3.26. The summed E-state index contributed by atoms with van der Waals surface area (Å²) in [4.78, 5) is 24.2. The van der Waals surface area contributed by atoms with Gasteiger partial charge in [-0.1, -0.05) is 11.6 Å². The molecule has 7 heteroatoms. The Hall–Kier alpha value is -1.82. The predicted molar refractivity (Wildman–Crippen MR) is 67.8 cm³/mol. The lowest BCUT2D eigenvalue weighted by molar-refractivity contribution is -0.141. The van der Waals surface area contributed by atoms with Crippen molar-refractivity contribution in [3.8, 4) is 0 Å². The zero-order chi connectivity index (χ0) is 14.0. The topological polar surface area (TPSA) is 69.6 Å². The fourth-order valence-corrected chi connectivity index (χ4v) is 2.22. The predicted octanol–water partition coefficient (Wildman–Crippen LogP) is 2.56. The molecule has 0 radical (unpaired) electrons. The molecule has 1 atom stereocenters. The van der Waals surface area contributed by atoms with Gasteiger partial charge in [-0.15, -0.1) is 0 Å². The number of amides is 2. The minimum Gasteiger partial charge on any atom is -0.480 e. The van der Waals surface area contributed by atoms with E-state index in [4.69, 9.17) is 16.7 Å². The van der Waals surface area contributed by atoms with Crippen molar-refractivity contribution >= 4 is 29.3 Å². The summed E-state index contributed by atoms with van der Waals surface area (Å²) in [6.45, 7) is 0.387. The maximum absolute atomic E-state index is 13.0. The summed E-state index contributed by atoms with van der Waals surface area (Å²) in [6.07, 6.45) is 1.08. The lowest BCUT2D eigenvalue weighted by atomic mass is 10.2. The highest BCUT2D eigenvalue weighted by Crippen LogP contribution is 2.22. The number of carboxylic acids is 1. The van der Waals surface area contributed by atoms with E-state index in [2.05, 4.69) is 5.32 Å². The molecule has 1 saturated heterocycles.